The van der Waals surface area contributed by atoms with Crippen molar-refractivity contribution < 1.29 is 87.4 Å². The number of hydrogen-bond acceptors (Lipinski definition) is 19. The van der Waals surface area contributed by atoms with Crippen LogP contribution in [0.15, 0.2) is 122 Å². The van der Waals surface area contributed by atoms with Crippen LogP contribution in [0.3, 0.4) is 0 Å². The van der Waals surface area contributed by atoms with Crippen molar-refractivity contribution in [2.75, 3.05) is 29.5 Å². The van der Waals surface area contributed by atoms with Crippen molar-refractivity contribution in [1.82, 2.24) is 0 Å². The average Bonchev–Trinajstić information content (AvgIpc) is 3.84. The summed E-state index contributed by atoms with van der Waals surface area (Å²) in [5.41, 5.74) is 5.41. The van der Waals surface area contributed by atoms with Crippen LogP contribution < -0.4 is 4.90 Å². The highest BCUT2D eigenvalue weighted by Gasteiger charge is 2.46. The largest absolute Gasteiger partial charge is 0.344 e. The number of unbranched alkanes of at least 4 members (excludes halogenated alkanes) is 4. The average molecular weight is 1190 g/mol. The Kier molecular flexibility index (Phi) is 20.5. The minimum Gasteiger partial charge on any atom is -0.344 e. The van der Waals surface area contributed by atoms with Gasteiger partial charge in [0.25, 0.3) is 30.4 Å². The second-order valence-electron chi connectivity index (χ2n) is 19.6. The molecule has 0 aromatic heterocycles. The number of anilines is 1. The summed E-state index contributed by atoms with van der Waals surface area (Å²) in [6.45, 7) is 10.8. The number of hydrogen-bond donors (Lipinski definition) is 6. The zero-order chi connectivity index (χ0) is 56.6. The lowest BCUT2D eigenvalue weighted by molar-refractivity contribution is -0.438. The van der Waals surface area contributed by atoms with Gasteiger partial charge in [-0.3, -0.25) is 13.7 Å². The van der Waals surface area contributed by atoms with E-state index in [1.165, 1.54) is 18.2 Å². The third-order valence-corrected chi connectivity index (χ3v) is 18.2. The summed E-state index contributed by atoms with van der Waals surface area (Å²) in [4.78, 5) is 1.64. The molecule has 0 atom stereocenters. The molecular weight excluding hydrogens is 1130 g/mol. The molecule has 0 aliphatic carbocycles. The number of aryl methyl sites for hydroxylation is 1. The summed E-state index contributed by atoms with van der Waals surface area (Å²) in [7, 11) is -13.8. The van der Waals surface area contributed by atoms with Crippen molar-refractivity contribution in [1.29, 1.82) is 0 Å². The Labute approximate surface area is 466 Å². The van der Waals surface area contributed by atoms with Crippen LogP contribution in [0.1, 0.15) is 102 Å². The summed E-state index contributed by atoms with van der Waals surface area (Å²) in [6.07, 6.45) is 13.6. The van der Waals surface area contributed by atoms with Crippen LogP contribution in [-0.2, 0) is 75.7 Å². The Morgan fingerprint density at radius 2 is 1.42 bits per heavy atom. The van der Waals surface area contributed by atoms with Crippen molar-refractivity contribution in [3.8, 4) is 0 Å². The first kappa shape index (κ1) is 61.4. The van der Waals surface area contributed by atoms with Crippen molar-refractivity contribution >= 4 is 111 Å². The van der Waals surface area contributed by atoms with Gasteiger partial charge in [-0.1, -0.05) is 85.1 Å². The monoisotopic (exact) mass is 1190 g/mol. The van der Waals surface area contributed by atoms with E-state index in [1.807, 2.05) is 75.1 Å². The predicted octanol–water partition coefficient (Wildman–Crippen LogP) is 12.3. The van der Waals surface area contributed by atoms with Gasteiger partial charge >= 0.3 is 0 Å². The maximum atomic E-state index is 12.9. The smallest absolute Gasteiger partial charge is 0.295 e. The second-order valence-corrected chi connectivity index (χ2v) is 26.3. The van der Waals surface area contributed by atoms with Crippen molar-refractivity contribution in [3.63, 3.8) is 0 Å². The Morgan fingerprint density at radius 1 is 0.705 bits per heavy atom. The molecule has 0 bridgehead atoms. The number of fused-ring (bicyclic) bond motifs is 6. The van der Waals surface area contributed by atoms with Gasteiger partial charge in [0.15, 0.2) is 5.71 Å². The number of benzene rings is 5. The van der Waals surface area contributed by atoms with Gasteiger partial charge in [-0.05, 0) is 133 Å². The molecule has 6 N–H and O–H groups in total. The van der Waals surface area contributed by atoms with E-state index >= 15 is 0 Å². The maximum absolute atomic E-state index is 12.9. The molecule has 0 radical (unpaired) electrons. The minimum absolute atomic E-state index is 0.126. The molecule has 5 aromatic carbocycles. The molecule has 422 valence electrons. The summed E-state index contributed by atoms with van der Waals surface area (Å²) >= 11 is 2.03. The van der Waals surface area contributed by atoms with E-state index in [9.17, 15) is 38.9 Å². The van der Waals surface area contributed by atoms with Crippen molar-refractivity contribution in [2.45, 2.75) is 116 Å². The molecule has 2 heterocycles. The van der Waals surface area contributed by atoms with Gasteiger partial charge in [0.2, 0.25) is 5.69 Å². The molecule has 0 amide bonds. The van der Waals surface area contributed by atoms with Gasteiger partial charge in [0.05, 0.1) is 40.1 Å². The molecule has 0 saturated carbocycles. The number of nitrogens with zero attached hydrogens (tertiary/aromatic N) is 2. The lowest BCUT2D eigenvalue weighted by atomic mass is 9.78. The SMILES string of the molecule is CCCCCc1cccc(C(=C\C=C2\N(CCCCS(=O)(=O)O)c3ccc4c(S(=O)(=O)O)cc(SOOO)cc4c3C2(C)C)/C=C/C2=[N+](CCCCSOOO)c3ccc4c(SOOO)cc(S(=O)(=O)O)cc4c3C2(C)C)c1. The Bertz CT molecular complexity index is 3510. The normalized spacial score (nSPS) is 16.2. The highest BCUT2D eigenvalue weighted by molar-refractivity contribution is 7.95. The summed E-state index contributed by atoms with van der Waals surface area (Å²) in [5, 5.41) is 39.9. The zero-order valence-electron chi connectivity index (χ0n) is 43.1. The summed E-state index contributed by atoms with van der Waals surface area (Å²) < 4.78 is 122. The molecule has 5 aromatic rings. The van der Waals surface area contributed by atoms with Gasteiger partial charge in [-0.25, -0.2) is 15.8 Å². The van der Waals surface area contributed by atoms with Crippen molar-refractivity contribution in [3.05, 3.63) is 125 Å². The van der Waals surface area contributed by atoms with E-state index in [0.29, 0.717) is 83.1 Å². The Morgan fingerprint density at radius 3 is 2.12 bits per heavy atom. The molecule has 2 aliphatic rings. The molecule has 26 heteroatoms. The van der Waals surface area contributed by atoms with Crippen LogP contribution in [0.4, 0.5) is 11.4 Å². The quantitative estimate of drug-likeness (QED) is 0.00516. The van der Waals surface area contributed by atoms with Crippen LogP contribution in [0.25, 0.3) is 27.1 Å². The first-order chi connectivity index (χ1) is 37.0. The van der Waals surface area contributed by atoms with E-state index in [0.717, 1.165) is 77.1 Å². The second kappa shape index (κ2) is 26.1. The first-order valence-electron chi connectivity index (χ1n) is 24.6. The van der Waals surface area contributed by atoms with Crippen LogP contribution in [0, 0.1) is 0 Å². The van der Waals surface area contributed by atoms with Crippen molar-refractivity contribution in [2.24, 2.45) is 0 Å². The van der Waals surface area contributed by atoms with Crippen LogP contribution >= 0.6 is 36.1 Å². The van der Waals surface area contributed by atoms with E-state index in [1.54, 1.807) is 24.3 Å². The molecule has 0 saturated heterocycles. The van der Waals surface area contributed by atoms with E-state index in [2.05, 4.69) is 43.1 Å². The lowest BCUT2D eigenvalue weighted by Crippen LogP contribution is -2.28. The molecular formula is C52H61N2O18S6+. The fourth-order valence-corrected chi connectivity index (χ4v) is 13.9. The molecule has 0 fully saturated rings. The van der Waals surface area contributed by atoms with Crippen LogP contribution in [0.5, 0.6) is 0 Å². The highest BCUT2D eigenvalue weighted by Crippen LogP contribution is 2.53. The number of rotatable bonds is 28. The topological polar surface area (TPSA) is 285 Å². The standard InChI is InChI=1S/C52H60N2O18S6/c1-6-7-8-14-34-15-13-16-36(29-34)35(17-23-47-51(2,3)49-41-30-37(74-71-68-56)31-46(78(64,65)66)40(41)20-22-44(49)54(47)26-10-12-28-76(58,59)60)18-24-48-52(4,5)50-42-32-38(77(61,62)63)33-45(75-72-69-57)39(42)19-21-43(50)53(48)25-9-11-27-73-70-67-55/h13,15-24,29-33H,6-12,14,25-28H2,1-5H3,(H5-,55,56,57,58,59,60,61,62,63,64,65,66)/p+1. The fourth-order valence-electron chi connectivity index (χ4n) is 10.5. The van der Waals surface area contributed by atoms with Crippen LogP contribution in [0.2, 0.25) is 0 Å². The molecule has 78 heavy (non-hydrogen) atoms. The minimum atomic E-state index is -4.81. The summed E-state index contributed by atoms with van der Waals surface area (Å²) in [5.74, 6) is 0.0206. The Hall–Kier alpha value is -4.27. The molecule has 2 aliphatic heterocycles. The van der Waals surface area contributed by atoms with E-state index in [-0.39, 0.29) is 28.1 Å². The van der Waals surface area contributed by atoms with E-state index in [4.69, 9.17) is 24.4 Å². The fraction of sp³-hybridized carbons (Fsp3) is 0.365. The van der Waals surface area contributed by atoms with Gasteiger partial charge < -0.3 is 4.90 Å². The van der Waals surface area contributed by atoms with Crippen LogP contribution in [-0.4, -0.2) is 89.6 Å². The summed E-state index contributed by atoms with van der Waals surface area (Å²) in [6, 6.07) is 20.8. The number of allylic oxidation sites excluding steroid dienone is 6. The molecule has 7 rings (SSSR count). The molecule has 0 unspecified atom stereocenters. The zero-order valence-corrected chi connectivity index (χ0v) is 48.0. The highest BCUT2D eigenvalue weighted by atomic mass is 32.2. The maximum Gasteiger partial charge on any atom is 0.295 e. The van der Waals surface area contributed by atoms with Gasteiger partial charge in [0, 0.05) is 80.4 Å². The molecule has 20 nitrogen and oxygen atoms in total. The molecule has 0 spiro atoms. The first-order valence-corrected chi connectivity index (χ1v) is 31.5. The van der Waals surface area contributed by atoms with Gasteiger partial charge in [-0.2, -0.15) is 29.8 Å². The predicted molar refractivity (Wildman–Crippen MR) is 299 cm³/mol. The van der Waals surface area contributed by atoms with Gasteiger partial charge in [0.1, 0.15) is 11.4 Å². The third kappa shape index (κ3) is 14.2. The lowest BCUT2D eigenvalue weighted by Gasteiger charge is -2.27. The third-order valence-electron chi connectivity index (χ3n) is 13.8. The van der Waals surface area contributed by atoms with Gasteiger partial charge in [-0.15, -0.1) is 13.0 Å². The Balaban J connectivity index is 1.45. The van der Waals surface area contributed by atoms with E-state index < -0.39 is 56.7 Å².